The number of aromatic hydroxyl groups is 1. The Labute approximate surface area is 108 Å². The lowest BCUT2D eigenvalue weighted by Crippen LogP contribution is -2.10. The highest BCUT2D eigenvalue weighted by Crippen LogP contribution is 2.26. The van der Waals surface area contributed by atoms with Gasteiger partial charge in [-0.15, -0.1) is 0 Å². The molecule has 3 rings (SSSR count). The molecule has 1 aromatic carbocycles. The third kappa shape index (κ3) is 2.01. The predicted octanol–water partition coefficient (Wildman–Crippen LogP) is 2.03. The van der Waals surface area contributed by atoms with E-state index in [-0.39, 0.29) is 11.3 Å². The maximum Gasteiger partial charge on any atom is 0.248 e. The van der Waals surface area contributed by atoms with Crippen LogP contribution in [0.1, 0.15) is 10.4 Å². The van der Waals surface area contributed by atoms with E-state index in [2.05, 4.69) is 9.97 Å². The number of aromatic nitrogens is 2. The number of carbonyl (C=O) groups excluding carboxylic acids is 1. The van der Waals surface area contributed by atoms with Crippen molar-refractivity contribution in [3.8, 4) is 16.9 Å². The molecule has 0 aliphatic carbocycles. The number of hydrogen-bond donors (Lipinski definition) is 3. The van der Waals surface area contributed by atoms with Gasteiger partial charge in [-0.25, -0.2) is 4.98 Å². The van der Waals surface area contributed by atoms with Gasteiger partial charge >= 0.3 is 0 Å². The number of benzene rings is 1. The molecular formula is C14H11N3O2. The number of phenolic OH excluding ortho intramolecular Hbond substituents is 1. The number of fused-ring (bicyclic) bond motifs is 1. The van der Waals surface area contributed by atoms with Crippen molar-refractivity contribution in [1.82, 2.24) is 9.97 Å². The summed E-state index contributed by atoms with van der Waals surface area (Å²) in [6.45, 7) is 0. The molecule has 0 aliphatic heterocycles. The Morgan fingerprint density at radius 1 is 1.21 bits per heavy atom. The lowest BCUT2D eigenvalue weighted by molar-refractivity contribution is 0.1000. The van der Waals surface area contributed by atoms with Gasteiger partial charge in [-0.1, -0.05) is 0 Å². The van der Waals surface area contributed by atoms with E-state index < -0.39 is 5.91 Å². The van der Waals surface area contributed by atoms with Crippen LogP contribution in [0.5, 0.6) is 5.75 Å². The standard InChI is InChI=1S/C14H11N3O2/c15-13(19)10-4-9(5-12(18)6-10)11-3-8-1-2-16-14(8)17-7-11/h1-7,18H,(H2,15,19)(H,16,17). The molecule has 0 bridgehead atoms. The van der Waals surface area contributed by atoms with Crippen molar-refractivity contribution >= 4 is 16.9 Å². The Hall–Kier alpha value is -2.82. The topological polar surface area (TPSA) is 92.0 Å². The minimum Gasteiger partial charge on any atom is -0.508 e. The van der Waals surface area contributed by atoms with Crippen LogP contribution >= 0.6 is 0 Å². The second kappa shape index (κ2) is 4.13. The number of nitrogens with two attached hydrogens (primary N) is 1. The van der Waals surface area contributed by atoms with E-state index in [9.17, 15) is 9.90 Å². The molecule has 0 fully saturated rings. The first kappa shape index (κ1) is 11.3. The average Bonchev–Trinajstić information content (AvgIpc) is 2.85. The molecule has 5 nitrogen and oxygen atoms in total. The Morgan fingerprint density at radius 2 is 2.05 bits per heavy atom. The fraction of sp³-hybridized carbons (Fsp3) is 0. The molecule has 0 radical (unpaired) electrons. The van der Waals surface area contributed by atoms with Gasteiger partial charge in [0.05, 0.1) is 0 Å². The molecule has 3 aromatic rings. The van der Waals surface area contributed by atoms with E-state index in [0.717, 1.165) is 16.6 Å². The van der Waals surface area contributed by atoms with Crippen molar-refractivity contribution in [2.24, 2.45) is 5.73 Å². The third-order valence-electron chi connectivity index (χ3n) is 2.94. The maximum atomic E-state index is 11.2. The number of phenols is 1. The predicted molar refractivity (Wildman–Crippen MR) is 71.7 cm³/mol. The average molecular weight is 253 g/mol. The molecule has 0 atom stereocenters. The Balaban J connectivity index is 2.17. The molecule has 94 valence electrons. The summed E-state index contributed by atoms with van der Waals surface area (Å²) in [5.41, 5.74) is 7.80. The van der Waals surface area contributed by atoms with E-state index in [1.165, 1.54) is 6.07 Å². The van der Waals surface area contributed by atoms with Gasteiger partial charge in [0.15, 0.2) is 0 Å². The molecule has 0 aliphatic rings. The maximum absolute atomic E-state index is 11.2. The number of H-pyrrole nitrogens is 1. The van der Waals surface area contributed by atoms with Crippen LogP contribution in [0.15, 0.2) is 42.7 Å². The van der Waals surface area contributed by atoms with Crippen LogP contribution in [0.4, 0.5) is 0 Å². The molecule has 0 saturated heterocycles. The van der Waals surface area contributed by atoms with Crippen molar-refractivity contribution in [3.05, 3.63) is 48.3 Å². The highest BCUT2D eigenvalue weighted by molar-refractivity contribution is 5.95. The zero-order chi connectivity index (χ0) is 13.4. The molecular weight excluding hydrogens is 242 g/mol. The van der Waals surface area contributed by atoms with Crippen molar-refractivity contribution in [1.29, 1.82) is 0 Å². The van der Waals surface area contributed by atoms with Crippen LogP contribution in [0, 0.1) is 0 Å². The van der Waals surface area contributed by atoms with Crippen molar-refractivity contribution < 1.29 is 9.90 Å². The van der Waals surface area contributed by atoms with Crippen molar-refractivity contribution in [2.45, 2.75) is 0 Å². The molecule has 4 N–H and O–H groups in total. The lowest BCUT2D eigenvalue weighted by atomic mass is 10.0. The Kier molecular flexibility index (Phi) is 2.45. The highest BCUT2D eigenvalue weighted by Gasteiger charge is 2.08. The molecule has 1 amide bonds. The summed E-state index contributed by atoms with van der Waals surface area (Å²) in [4.78, 5) is 18.5. The van der Waals surface area contributed by atoms with Crippen molar-refractivity contribution in [3.63, 3.8) is 0 Å². The first-order chi connectivity index (χ1) is 9.13. The van der Waals surface area contributed by atoms with Gasteiger partial charge in [0, 0.05) is 28.9 Å². The quantitative estimate of drug-likeness (QED) is 0.652. The summed E-state index contributed by atoms with van der Waals surface area (Å²) in [6.07, 6.45) is 3.48. The van der Waals surface area contributed by atoms with E-state index in [0.29, 0.717) is 5.56 Å². The molecule has 0 unspecified atom stereocenters. The van der Waals surface area contributed by atoms with Crippen LogP contribution in [-0.2, 0) is 0 Å². The summed E-state index contributed by atoms with van der Waals surface area (Å²) in [7, 11) is 0. The lowest BCUT2D eigenvalue weighted by Gasteiger charge is -2.05. The molecule has 0 saturated carbocycles. The van der Waals surface area contributed by atoms with Gasteiger partial charge in [0.2, 0.25) is 5.91 Å². The summed E-state index contributed by atoms with van der Waals surface area (Å²) in [5, 5.41) is 10.6. The third-order valence-corrected chi connectivity index (χ3v) is 2.94. The largest absolute Gasteiger partial charge is 0.508 e. The number of carbonyl (C=O) groups is 1. The van der Waals surface area contributed by atoms with Crippen LogP contribution in [0.2, 0.25) is 0 Å². The van der Waals surface area contributed by atoms with Gasteiger partial charge in [-0.05, 0) is 35.9 Å². The van der Waals surface area contributed by atoms with E-state index in [1.54, 1.807) is 24.5 Å². The SMILES string of the molecule is NC(=O)c1cc(O)cc(-c2cnc3[nH]ccc3c2)c1. The number of primary amides is 1. The van der Waals surface area contributed by atoms with Crippen LogP contribution in [-0.4, -0.2) is 21.0 Å². The fourth-order valence-electron chi connectivity index (χ4n) is 2.02. The Bertz CT molecular complexity index is 777. The zero-order valence-corrected chi connectivity index (χ0v) is 9.92. The first-order valence-corrected chi connectivity index (χ1v) is 5.71. The van der Waals surface area contributed by atoms with Crippen LogP contribution < -0.4 is 5.73 Å². The van der Waals surface area contributed by atoms with Crippen LogP contribution in [0.25, 0.3) is 22.2 Å². The summed E-state index contributed by atoms with van der Waals surface area (Å²) >= 11 is 0. The van der Waals surface area contributed by atoms with Gasteiger partial charge < -0.3 is 15.8 Å². The van der Waals surface area contributed by atoms with Crippen molar-refractivity contribution in [2.75, 3.05) is 0 Å². The van der Waals surface area contributed by atoms with Crippen LogP contribution in [0.3, 0.4) is 0 Å². The molecule has 5 heteroatoms. The fourth-order valence-corrected chi connectivity index (χ4v) is 2.02. The van der Waals surface area contributed by atoms with Gasteiger partial charge in [-0.2, -0.15) is 0 Å². The van der Waals surface area contributed by atoms with E-state index >= 15 is 0 Å². The highest BCUT2D eigenvalue weighted by atomic mass is 16.3. The summed E-state index contributed by atoms with van der Waals surface area (Å²) in [6, 6.07) is 8.38. The first-order valence-electron chi connectivity index (χ1n) is 5.71. The normalized spacial score (nSPS) is 10.7. The monoisotopic (exact) mass is 253 g/mol. The number of nitrogens with one attached hydrogen (secondary N) is 1. The number of rotatable bonds is 2. The zero-order valence-electron chi connectivity index (χ0n) is 9.92. The molecule has 19 heavy (non-hydrogen) atoms. The second-order valence-electron chi connectivity index (χ2n) is 4.27. The number of aromatic amines is 1. The summed E-state index contributed by atoms with van der Waals surface area (Å²) in [5.74, 6) is -0.576. The number of hydrogen-bond acceptors (Lipinski definition) is 3. The smallest absolute Gasteiger partial charge is 0.248 e. The molecule has 2 heterocycles. The van der Waals surface area contributed by atoms with Gasteiger partial charge in [0.25, 0.3) is 0 Å². The summed E-state index contributed by atoms with van der Waals surface area (Å²) < 4.78 is 0. The number of amides is 1. The van der Waals surface area contributed by atoms with E-state index in [4.69, 9.17) is 5.73 Å². The minimum absolute atomic E-state index is 0.000431. The number of pyridine rings is 1. The molecule has 0 spiro atoms. The van der Waals surface area contributed by atoms with E-state index in [1.807, 2.05) is 12.1 Å². The second-order valence-corrected chi connectivity index (χ2v) is 4.27. The minimum atomic E-state index is -0.576. The number of nitrogens with zero attached hydrogens (tertiary/aromatic N) is 1. The Morgan fingerprint density at radius 3 is 2.84 bits per heavy atom. The van der Waals surface area contributed by atoms with Gasteiger partial charge in [0.1, 0.15) is 11.4 Å². The van der Waals surface area contributed by atoms with Gasteiger partial charge in [-0.3, -0.25) is 4.79 Å². The molecule has 2 aromatic heterocycles.